The lowest BCUT2D eigenvalue weighted by Crippen LogP contribution is -2.49. The Morgan fingerprint density at radius 3 is 2.43 bits per heavy atom. The third-order valence-corrected chi connectivity index (χ3v) is 9.73. The number of nitrogens with zero attached hydrogens (tertiary/aromatic N) is 4. The van der Waals surface area contributed by atoms with Gasteiger partial charge in [-0.25, -0.2) is 18.2 Å². The molecule has 0 radical (unpaired) electrons. The number of sulfonamides is 1. The summed E-state index contributed by atoms with van der Waals surface area (Å²) >= 11 is 0. The fourth-order valence-corrected chi connectivity index (χ4v) is 7.08. The van der Waals surface area contributed by atoms with Crippen LogP contribution in [-0.4, -0.2) is 73.0 Å². The highest BCUT2D eigenvalue weighted by Gasteiger charge is 2.31. The molecule has 1 aliphatic rings. The van der Waals surface area contributed by atoms with Crippen molar-refractivity contribution in [1.29, 1.82) is 0 Å². The van der Waals surface area contributed by atoms with E-state index in [2.05, 4.69) is 14.9 Å². The normalized spacial score (nSPS) is 13.8. The maximum atomic E-state index is 14.5. The summed E-state index contributed by atoms with van der Waals surface area (Å²) in [6.07, 6.45) is 3.45. The lowest BCUT2D eigenvalue weighted by Gasteiger charge is -2.38. The van der Waals surface area contributed by atoms with Crippen LogP contribution in [0.15, 0.2) is 94.6 Å². The van der Waals surface area contributed by atoms with Crippen LogP contribution in [-0.2, 0) is 16.4 Å². The number of aromatic amines is 1. The molecular formula is C32H31N5O6S. The van der Waals surface area contributed by atoms with Crippen LogP contribution in [0, 0.1) is 6.92 Å². The molecule has 1 fully saturated rings. The molecular weight excluding hydrogens is 582 g/mol. The number of hydrogen-bond donors (Lipinski definition) is 2. The molecule has 6 rings (SSSR count). The maximum absolute atomic E-state index is 14.5. The molecule has 1 saturated heterocycles. The van der Waals surface area contributed by atoms with E-state index in [1.54, 1.807) is 17.9 Å². The maximum Gasteiger partial charge on any atom is 0.372 e. The van der Waals surface area contributed by atoms with Crippen LogP contribution in [0.1, 0.15) is 32.2 Å². The molecule has 0 bridgehead atoms. The number of nitrogens with one attached hydrogen (secondary N) is 1. The standard InChI is InChI=1S/C32H31N5O6S/c1-22-25-19-24(11-12-29(25)43-30(22)32(39)40)44(41,42)37(14-13-23-7-3-2-4-8-23)28-10-6-5-9-27(28)35-15-17-36(18-16-35)31(38)26-20-33-21-34-26/h2-12,19-21H,13-18H2,1H3,(H,33,34)(H,39,40). The molecule has 2 aromatic heterocycles. The van der Waals surface area contributed by atoms with Gasteiger partial charge in [0.05, 0.1) is 28.8 Å². The number of carboxylic acids is 1. The van der Waals surface area contributed by atoms with Crippen LogP contribution < -0.4 is 9.21 Å². The molecule has 44 heavy (non-hydrogen) atoms. The van der Waals surface area contributed by atoms with Crippen molar-refractivity contribution in [2.45, 2.75) is 18.2 Å². The second-order valence-electron chi connectivity index (χ2n) is 10.6. The summed E-state index contributed by atoms with van der Waals surface area (Å²) in [5, 5.41) is 9.94. The lowest BCUT2D eigenvalue weighted by atomic mass is 10.1. The molecule has 12 heteroatoms. The van der Waals surface area contributed by atoms with E-state index >= 15 is 0 Å². The zero-order valence-electron chi connectivity index (χ0n) is 24.0. The number of carbonyl (C=O) groups is 2. The van der Waals surface area contributed by atoms with Crippen molar-refractivity contribution >= 4 is 44.2 Å². The van der Waals surface area contributed by atoms with E-state index in [1.807, 2.05) is 48.5 Å². The molecule has 0 atom stereocenters. The third-order valence-electron chi connectivity index (χ3n) is 7.92. The van der Waals surface area contributed by atoms with Gasteiger partial charge in [0, 0.05) is 43.7 Å². The molecule has 3 aromatic carbocycles. The monoisotopic (exact) mass is 613 g/mol. The summed E-state index contributed by atoms with van der Waals surface area (Å²) in [5.41, 5.74) is 3.35. The van der Waals surface area contributed by atoms with Gasteiger partial charge in [-0.3, -0.25) is 9.10 Å². The number of aromatic nitrogens is 2. The van der Waals surface area contributed by atoms with E-state index in [1.165, 1.54) is 35.0 Å². The summed E-state index contributed by atoms with van der Waals surface area (Å²) in [7, 11) is -4.12. The summed E-state index contributed by atoms with van der Waals surface area (Å²) in [6, 6.07) is 21.5. The number of anilines is 2. The minimum absolute atomic E-state index is 0.0312. The predicted octanol–water partition coefficient (Wildman–Crippen LogP) is 4.56. The first-order valence-corrected chi connectivity index (χ1v) is 15.6. The van der Waals surface area contributed by atoms with E-state index in [9.17, 15) is 23.1 Å². The number of H-pyrrole nitrogens is 1. The Balaban J connectivity index is 1.35. The van der Waals surface area contributed by atoms with E-state index in [0.717, 1.165) is 11.3 Å². The Hall–Kier alpha value is -5.10. The van der Waals surface area contributed by atoms with E-state index in [-0.39, 0.29) is 23.1 Å². The molecule has 0 saturated carbocycles. The van der Waals surface area contributed by atoms with Crippen LogP contribution in [0.2, 0.25) is 0 Å². The van der Waals surface area contributed by atoms with Crippen molar-refractivity contribution in [2.24, 2.45) is 0 Å². The molecule has 0 aliphatic carbocycles. The number of aryl methyl sites for hydroxylation is 1. The zero-order chi connectivity index (χ0) is 30.8. The van der Waals surface area contributed by atoms with Gasteiger partial charge in [0.25, 0.3) is 15.9 Å². The van der Waals surface area contributed by atoms with Crippen LogP contribution in [0.3, 0.4) is 0 Å². The Morgan fingerprint density at radius 1 is 1.00 bits per heavy atom. The number of hydrogen-bond acceptors (Lipinski definition) is 7. The van der Waals surface area contributed by atoms with Crippen LogP contribution >= 0.6 is 0 Å². The number of aromatic carboxylic acids is 1. The number of piperazine rings is 1. The van der Waals surface area contributed by atoms with Gasteiger partial charge >= 0.3 is 5.97 Å². The molecule has 2 N–H and O–H groups in total. The highest BCUT2D eigenvalue weighted by Crippen LogP contribution is 2.36. The number of carbonyl (C=O) groups excluding carboxylic acids is 1. The Morgan fingerprint density at radius 2 is 1.73 bits per heavy atom. The first-order chi connectivity index (χ1) is 21.2. The zero-order valence-corrected chi connectivity index (χ0v) is 24.8. The topological polar surface area (TPSA) is 140 Å². The second kappa shape index (κ2) is 11.9. The fraction of sp³-hybridized carbons (Fsp3) is 0.219. The van der Waals surface area contributed by atoms with Crippen LogP contribution in [0.4, 0.5) is 11.4 Å². The number of benzene rings is 3. The Labute approximate surface area is 254 Å². The predicted molar refractivity (Wildman–Crippen MR) is 166 cm³/mol. The summed E-state index contributed by atoms with van der Waals surface area (Å²) in [6.45, 7) is 3.73. The average molecular weight is 614 g/mol. The largest absolute Gasteiger partial charge is 0.475 e. The summed E-state index contributed by atoms with van der Waals surface area (Å²) < 4.78 is 35.8. The molecule has 1 amide bonds. The first kappa shape index (κ1) is 29.0. The van der Waals surface area contributed by atoms with Crippen molar-refractivity contribution in [1.82, 2.24) is 14.9 Å². The number of fused-ring (bicyclic) bond motifs is 1. The number of amides is 1. The first-order valence-electron chi connectivity index (χ1n) is 14.2. The molecule has 0 spiro atoms. The molecule has 1 aliphatic heterocycles. The molecule has 11 nitrogen and oxygen atoms in total. The van der Waals surface area contributed by atoms with Gasteiger partial charge in [0.1, 0.15) is 11.3 Å². The van der Waals surface area contributed by atoms with Gasteiger partial charge in [-0.05, 0) is 49.2 Å². The number of para-hydroxylation sites is 2. The Bertz CT molecular complexity index is 1910. The molecule has 5 aromatic rings. The van der Waals surface area contributed by atoms with Crippen molar-refractivity contribution < 1.29 is 27.5 Å². The molecule has 3 heterocycles. The van der Waals surface area contributed by atoms with Crippen molar-refractivity contribution in [3.63, 3.8) is 0 Å². The highest BCUT2D eigenvalue weighted by molar-refractivity contribution is 7.92. The van der Waals surface area contributed by atoms with Gasteiger partial charge in [0.2, 0.25) is 5.76 Å². The average Bonchev–Trinajstić information content (AvgIpc) is 3.70. The lowest BCUT2D eigenvalue weighted by molar-refractivity contribution is 0.0663. The van der Waals surface area contributed by atoms with Gasteiger partial charge in [-0.1, -0.05) is 42.5 Å². The Kier molecular flexibility index (Phi) is 7.83. The minimum Gasteiger partial charge on any atom is -0.475 e. The van der Waals surface area contributed by atoms with Gasteiger partial charge in [-0.15, -0.1) is 0 Å². The smallest absolute Gasteiger partial charge is 0.372 e. The number of carboxylic acid groups (broad SMARTS) is 1. The van der Waals surface area contributed by atoms with E-state index in [4.69, 9.17) is 4.42 Å². The van der Waals surface area contributed by atoms with Crippen molar-refractivity contribution in [3.05, 3.63) is 108 Å². The fourth-order valence-electron chi connectivity index (χ4n) is 5.57. The molecule has 0 unspecified atom stereocenters. The minimum atomic E-state index is -4.12. The number of imidazole rings is 1. The SMILES string of the molecule is Cc1c(C(=O)O)oc2ccc(S(=O)(=O)N(CCc3ccccc3)c3ccccc3N3CCN(C(=O)c4cnc[nH]4)CC3)cc12. The summed E-state index contributed by atoms with van der Waals surface area (Å²) in [5.74, 6) is -1.56. The van der Waals surface area contributed by atoms with Gasteiger partial charge in [-0.2, -0.15) is 0 Å². The van der Waals surface area contributed by atoms with Crippen LogP contribution in [0.25, 0.3) is 11.0 Å². The quantitative estimate of drug-likeness (QED) is 0.247. The number of furan rings is 1. The molecule has 226 valence electrons. The van der Waals surface area contributed by atoms with Gasteiger partial charge < -0.3 is 24.3 Å². The third kappa shape index (κ3) is 5.51. The van der Waals surface area contributed by atoms with Gasteiger partial charge in [0.15, 0.2) is 0 Å². The van der Waals surface area contributed by atoms with E-state index < -0.39 is 16.0 Å². The van der Waals surface area contributed by atoms with Crippen molar-refractivity contribution in [2.75, 3.05) is 41.9 Å². The number of rotatable bonds is 9. The van der Waals surface area contributed by atoms with Crippen molar-refractivity contribution in [3.8, 4) is 0 Å². The highest BCUT2D eigenvalue weighted by atomic mass is 32.2. The summed E-state index contributed by atoms with van der Waals surface area (Å²) in [4.78, 5) is 35.2. The second-order valence-corrected chi connectivity index (χ2v) is 12.4. The van der Waals surface area contributed by atoms with E-state index in [0.29, 0.717) is 60.5 Å². The van der Waals surface area contributed by atoms with Crippen LogP contribution in [0.5, 0.6) is 0 Å².